The number of aliphatic hydroxyl groups is 1. The summed E-state index contributed by atoms with van der Waals surface area (Å²) in [6, 6.07) is 6.17. The van der Waals surface area contributed by atoms with E-state index in [0.29, 0.717) is 0 Å². The first-order chi connectivity index (χ1) is 8.36. The number of ketones is 1. The Bertz CT molecular complexity index is 504. The molecule has 1 atom stereocenters. The van der Waals surface area contributed by atoms with Crippen molar-refractivity contribution >= 4 is 15.6 Å². The summed E-state index contributed by atoms with van der Waals surface area (Å²) in [4.78, 5) is 11.5. The monoisotopic (exact) mass is 272 g/mol. The van der Waals surface area contributed by atoms with Gasteiger partial charge in [0, 0.05) is 6.61 Å². The second kappa shape index (κ2) is 6.08. The van der Waals surface area contributed by atoms with Crippen LogP contribution >= 0.6 is 0 Å². The molecule has 0 spiro atoms. The molecule has 0 aliphatic rings. The van der Waals surface area contributed by atoms with Crippen molar-refractivity contribution in [2.24, 2.45) is 0 Å². The Morgan fingerprint density at radius 2 is 1.89 bits per heavy atom. The van der Waals surface area contributed by atoms with E-state index < -0.39 is 27.7 Å². The molecule has 0 saturated heterocycles. The van der Waals surface area contributed by atoms with Crippen LogP contribution in [0.5, 0.6) is 0 Å². The maximum Gasteiger partial charge on any atom is 0.216 e. The lowest BCUT2D eigenvalue weighted by Gasteiger charge is -2.09. The Kier molecular flexibility index (Phi) is 5.01. The standard InChI is InChI=1S/C12H16O5S/c1-3-17-12(14)11(13)8-18(15,16)10-6-4-9(2)5-7-10/h4-7,12,14H,3,8H2,1-2H3. The van der Waals surface area contributed by atoms with Crippen molar-refractivity contribution in [1.29, 1.82) is 0 Å². The summed E-state index contributed by atoms with van der Waals surface area (Å²) in [7, 11) is -3.73. The van der Waals surface area contributed by atoms with Crippen LogP contribution in [0.4, 0.5) is 0 Å². The Balaban J connectivity index is 2.82. The Morgan fingerprint density at radius 1 is 1.33 bits per heavy atom. The van der Waals surface area contributed by atoms with E-state index in [-0.39, 0.29) is 11.5 Å². The van der Waals surface area contributed by atoms with Crippen molar-refractivity contribution in [3.63, 3.8) is 0 Å². The SMILES string of the molecule is CCOC(O)C(=O)CS(=O)(=O)c1ccc(C)cc1. The molecular weight excluding hydrogens is 256 g/mol. The van der Waals surface area contributed by atoms with E-state index in [4.69, 9.17) is 0 Å². The predicted molar refractivity (Wildman–Crippen MR) is 65.9 cm³/mol. The Labute approximate surface area is 106 Å². The topological polar surface area (TPSA) is 80.7 Å². The van der Waals surface area contributed by atoms with Gasteiger partial charge in [0.25, 0.3) is 0 Å². The molecule has 1 aromatic carbocycles. The summed E-state index contributed by atoms with van der Waals surface area (Å²) >= 11 is 0. The third-order valence-electron chi connectivity index (χ3n) is 2.31. The summed E-state index contributed by atoms with van der Waals surface area (Å²) in [5.41, 5.74) is 0.926. The summed E-state index contributed by atoms with van der Waals surface area (Å²) < 4.78 is 28.4. The van der Waals surface area contributed by atoms with Gasteiger partial charge >= 0.3 is 0 Å². The van der Waals surface area contributed by atoms with Crippen LogP contribution < -0.4 is 0 Å². The fourth-order valence-corrected chi connectivity index (χ4v) is 2.57. The lowest BCUT2D eigenvalue weighted by molar-refractivity contribution is -0.152. The molecule has 0 aromatic heterocycles. The molecule has 0 bridgehead atoms. The molecule has 1 rings (SSSR count). The average Bonchev–Trinajstić information content (AvgIpc) is 2.29. The first kappa shape index (κ1) is 14.8. The second-order valence-electron chi connectivity index (χ2n) is 3.85. The summed E-state index contributed by atoms with van der Waals surface area (Å²) in [5, 5.41) is 9.24. The van der Waals surface area contributed by atoms with Gasteiger partial charge in [-0.1, -0.05) is 17.7 Å². The number of hydrogen-bond donors (Lipinski definition) is 1. The van der Waals surface area contributed by atoms with Crippen LogP contribution in [0.3, 0.4) is 0 Å². The van der Waals surface area contributed by atoms with Gasteiger partial charge in [0.05, 0.1) is 4.90 Å². The van der Waals surface area contributed by atoms with Crippen LogP contribution in [-0.4, -0.2) is 38.0 Å². The Morgan fingerprint density at radius 3 is 2.39 bits per heavy atom. The zero-order chi connectivity index (χ0) is 13.8. The highest BCUT2D eigenvalue weighted by atomic mass is 32.2. The van der Waals surface area contributed by atoms with E-state index in [9.17, 15) is 18.3 Å². The number of carbonyl (C=O) groups is 1. The van der Waals surface area contributed by atoms with Crippen LogP contribution in [-0.2, 0) is 19.4 Å². The molecule has 6 heteroatoms. The van der Waals surface area contributed by atoms with Gasteiger partial charge in [0.15, 0.2) is 9.84 Å². The van der Waals surface area contributed by atoms with Crippen LogP contribution in [0.2, 0.25) is 0 Å². The van der Waals surface area contributed by atoms with Crippen molar-refractivity contribution in [3.05, 3.63) is 29.8 Å². The first-order valence-corrected chi connectivity index (χ1v) is 7.14. The molecule has 0 aliphatic heterocycles. The average molecular weight is 272 g/mol. The molecule has 1 N–H and O–H groups in total. The highest BCUT2D eigenvalue weighted by molar-refractivity contribution is 7.92. The minimum atomic E-state index is -3.73. The molecule has 0 fully saturated rings. The lowest BCUT2D eigenvalue weighted by atomic mass is 10.2. The number of benzene rings is 1. The number of ether oxygens (including phenoxy) is 1. The van der Waals surface area contributed by atoms with Crippen molar-refractivity contribution in [3.8, 4) is 0 Å². The van der Waals surface area contributed by atoms with Gasteiger partial charge in [-0.2, -0.15) is 0 Å². The molecule has 100 valence electrons. The van der Waals surface area contributed by atoms with Crippen molar-refractivity contribution < 1.29 is 23.1 Å². The van der Waals surface area contributed by atoms with Gasteiger partial charge in [-0.15, -0.1) is 0 Å². The molecule has 0 heterocycles. The number of aliphatic hydroxyl groups excluding tert-OH is 1. The number of aryl methyl sites for hydroxylation is 1. The van der Waals surface area contributed by atoms with E-state index in [1.165, 1.54) is 12.1 Å². The van der Waals surface area contributed by atoms with Crippen molar-refractivity contribution in [1.82, 2.24) is 0 Å². The fourth-order valence-electron chi connectivity index (χ4n) is 1.34. The van der Waals surface area contributed by atoms with E-state index in [1.807, 2.05) is 6.92 Å². The second-order valence-corrected chi connectivity index (χ2v) is 5.84. The summed E-state index contributed by atoms with van der Waals surface area (Å²) in [5.74, 6) is -1.63. The van der Waals surface area contributed by atoms with Crippen molar-refractivity contribution in [2.75, 3.05) is 12.4 Å². The fraction of sp³-hybridized carbons (Fsp3) is 0.417. The third-order valence-corrected chi connectivity index (χ3v) is 3.97. The molecule has 0 saturated carbocycles. The van der Waals surface area contributed by atoms with E-state index >= 15 is 0 Å². The number of hydrogen-bond acceptors (Lipinski definition) is 5. The minimum absolute atomic E-state index is 0.0603. The quantitative estimate of drug-likeness (QED) is 0.771. The van der Waals surface area contributed by atoms with Crippen LogP contribution in [0.25, 0.3) is 0 Å². The van der Waals surface area contributed by atoms with E-state index in [1.54, 1.807) is 19.1 Å². The van der Waals surface area contributed by atoms with Crippen LogP contribution in [0.1, 0.15) is 12.5 Å². The molecule has 18 heavy (non-hydrogen) atoms. The zero-order valence-electron chi connectivity index (χ0n) is 10.3. The molecule has 1 aromatic rings. The smallest absolute Gasteiger partial charge is 0.216 e. The normalized spacial score (nSPS) is 13.3. The maximum atomic E-state index is 11.9. The van der Waals surface area contributed by atoms with Crippen LogP contribution in [0, 0.1) is 6.92 Å². The van der Waals surface area contributed by atoms with Gasteiger partial charge in [-0.05, 0) is 26.0 Å². The molecule has 5 nitrogen and oxygen atoms in total. The zero-order valence-corrected chi connectivity index (χ0v) is 11.1. The predicted octanol–water partition coefficient (Wildman–Crippen LogP) is 0.693. The molecule has 1 unspecified atom stereocenters. The van der Waals surface area contributed by atoms with Crippen molar-refractivity contribution in [2.45, 2.75) is 25.0 Å². The summed E-state index contributed by atoms with van der Waals surface area (Å²) in [6.45, 7) is 3.57. The number of Topliss-reactive ketones (excluding diaryl/α,β-unsaturated/α-hetero) is 1. The molecular formula is C12H16O5S. The van der Waals surface area contributed by atoms with Crippen LogP contribution in [0.15, 0.2) is 29.2 Å². The number of carbonyl (C=O) groups excluding carboxylic acids is 1. The highest BCUT2D eigenvalue weighted by Gasteiger charge is 2.24. The maximum absolute atomic E-state index is 11.9. The minimum Gasteiger partial charge on any atom is -0.362 e. The largest absolute Gasteiger partial charge is 0.362 e. The number of rotatable bonds is 6. The lowest BCUT2D eigenvalue weighted by Crippen LogP contribution is -2.30. The van der Waals surface area contributed by atoms with Gasteiger partial charge in [-0.3, -0.25) is 4.79 Å². The van der Waals surface area contributed by atoms with Gasteiger partial charge < -0.3 is 9.84 Å². The summed E-state index contributed by atoms with van der Waals surface area (Å²) in [6.07, 6.45) is -1.68. The van der Waals surface area contributed by atoms with E-state index in [2.05, 4.69) is 4.74 Å². The third kappa shape index (κ3) is 3.90. The Hall–Kier alpha value is -1.24. The van der Waals surface area contributed by atoms with Gasteiger partial charge in [0.2, 0.25) is 12.1 Å². The first-order valence-electron chi connectivity index (χ1n) is 5.48. The highest BCUT2D eigenvalue weighted by Crippen LogP contribution is 2.12. The van der Waals surface area contributed by atoms with E-state index in [0.717, 1.165) is 5.56 Å². The molecule has 0 radical (unpaired) electrons. The molecule has 0 amide bonds. The van der Waals surface area contributed by atoms with Gasteiger partial charge in [-0.25, -0.2) is 8.42 Å². The molecule has 0 aliphatic carbocycles. The number of sulfone groups is 1. The van der Waals surface area contributed by atoms with Gasteiger partial charge in [0.1, 0.15) is 5.75 Å².